The number of ether oxygens (including phenoxy) is 1. The van der Waals surface area contributed by atoms with Gasteiger partial charge in [0.2, 0.25) is 0 Å². The van der Waals surface area contributed by atoms with Crippen LogP contribution in [0.25, 0.3) is 0 Å². The normalized spacial score (nSPS) is 18.3. The van der Waals surface area contributed by atoms with E-state index in [1.165, 1.54) is 32.8 Å². The summed E-state index contributed by atoms with van der Waals surface area (Å²) in [5.41, 5.74) is 7.41. The van der Waals surface area contributed by atoms with E-state index in [0.717, 1.165) is 18.4 Å². The molecule has 2 rings (SSSR count). The highest BCUT2D eigenvalue weighted by atomic mass is 35.5. The van der Waals surface area contributed by atoms with Crippen molar-refractivity contribution in [3.63, 3.8) is 0 Å². The second-order valence-corrected chi connectivity index (χ2v) is 5.90. The summed E-state index contributed by atoms with van der Waals surface area (Å²) < 4.78 is 5.02. The SMILES string of the molecule is COC(=O)C(c1cccc(Cl)c1N)C1CCCCCC1. The number of nitrogen functional groups attached to an aromatic ring is 1. The van der Waals surface area contributed by atoms with Crippen molar-refractivity contribution in [2.45, 2.75) is 44.4 Å². The molecule has 1 fully saturated rings. The lowest BCUT2D eigenvalue weighted by molar-refractivity contribution is -0.144. The number of benzene rings is 1. The average molecular weight is 296 g/mol. The number of hydrogen-bond donors (Lipinski definition) is 1. The van der Waals surface area contributed by atoms with Crippen LogP contribution in [0.2, 0.25) is 5.02 Å². The number of anilines is 1. The van der Waals surface area contributed by atoms with Gasteiger partial charge in [-0.15, -0.1) is 0 Å². The number of hydrogen-bond acceptors (Lipinski definition) is 3. The van der Waals surface area contributed by atoms with Crippen molar-refractivity contribution in [1.29, 1.82) is 0 Å². The molecule has 110 valence electrons. The van der Waals surface area contributed by atoms with Gasteiger partial charge in [-0.2, -0.15) is 0 Å². The smallest absolute Gasteiger partial charge is 0.313 e. The van der Waals surface area contributed by atoms with Gasteiger partial charge in [0.05, 0.1) is 23.7 Å². The zero-order valence-electron chi connectivity index (χ0n) is 11.9. The lowest BCUT2D eigenvalue weighted by Gasteiger charge is -2.25. The van der Waals surface area contributed by atoms with Gasteiger partial charge in [0.15, 0.2) is 0 Å². The molecule has 3 nitrogen and oxygen atoms in total. The van der Waals surface area contributed by atoms with Gasteiger partial charge in [0.1, 0.15) is 0 Å². The Morgan fingerprint density at radius 3 is 2.55 bits per heavy atom. The van der Waals surface area contributed by atoms with E-state index in [2.05, 4.69) is 0 Å². The molecular formula is C16H22ClNO2. The van der Waals surface area contributed by atoms with Crippen LogP contribution < -0.4 is 5.73 Å². The molecule has 1 aliphatic carbocycles. The monoisotopic (exact) mass is 295 g/mol. The molecule has 1 unspecified atom stereocenters. The maximum absolute atomic E-state index is 12.3. The Kier molecular flexibility index (Phi) is 5.30. The van der Waals surface area contributed by atoms with Crippen LogP contribution >= 0.6 is 11.6 Å². The van der Waals surface area contributed by atoms with E-state index >= 15 is 0 Å². The number of rotatable bonds is 3. The molecule has 0 aliphatic heterocycles. The highest BCUT2D eigenvalue weighted by molar-refractivity contribution is 6.33. The minimum Gasteiger partial charge on any atom is -0.469 e. The lowest BCUT2D eigenvalue weighted by atomic mass is 9.80. The summed E-state index contributed by atoms with van der Waals surface area (Å²) in [6.07, 6.45) is 6.92. The van der Waals surface area contributed by atoms with Crippen LogP contribution in [0.4, 0.5) is 5.69 Å². The highest BCUT2D eigenvalue weighted by Crippen LogP contribution is 2.39. The van der Waals surface area contributed by atoms with Crippen LogP contribution in [-0.2, 0) is 9.53 Å². The quantitative estimate of drug-likeness (QED) is 0.518. The molecule has 0 bridgehead atoms. The zero-order chi connectivity index (χ0) is 14.5. The molecule has 0 heterocycles. The van der Waals surface area contributed by atoms with Crippen LogP contribution in [-0.4, -0.2) is 13.1 Å². The molecule has 1 aliphatic rings. The maximum atomic E-state index is 12.3. The van der Waals surface area contributed by atoms with Crippen LogP contribution in [0.1, 0.15) is 50.0 Å². The van der Waals surface area contributed by atoms with Crippen LogP contribution in [0.3, 0.4) is 0 Å². The number of nitrogens with two attached hydrogens (primary N) is 1. The van der Waals surface area contributed by atoms with Gasteiger partial charge in [0.25, 0.3) is 0 Å². The summed E-state index contributed by atoms with van der Waals surface area (Å²) >= 11 is 6.10. The van der Waals surface area contributed by atoms with Gasteiger partial charge < -0.3 is 10.5 Å². The third kappa shape index (κ3) is 3.26. The fraction of sp³-hybridized carbons (Fsp3) is 0.562. The third-order valence-electron chi connectivity index (χ3n) is 4.25. The van der Waals surface area contributed by atoms with Gasteiger partial charge in [0, 0.05) is 0 Å². The molecular weight excluding hydrogens is 274 g/mol. The van der Waals surface area contributed by atoms with Crippen molar-refractivity contribution >= 4 is 23.3 Å². The predicted molar refractivity (Wildman–Crippen MR) is 81.8 cm³/mol. The van der Waals surface area contributed by atoms with Gasteiger partial charge in [-0.05, 0) is 30.4 Å². The predicted octanol–water partition coefficient (Wildman–Crippen LogP) is 4.15. The fourth-order valence-corrected chi connectivity index (χ4v) is 3.35. The Hall–Kier alpha value is -1.22. The molecule has 0 aromatic heterocycles. The summed E-state index contributed by atoms with van der Waals surface area (Å²) in [5.74, 6) is -0.201. The zero-order valence-corrected chi connectivity index (χ0v) is 12.7. The number of para-hydroxylation sites is 1. The first-order valence-electron chi connectivity index (χ1n) is 7.27. The molecule has 0 radical (unpaired) electrons. The van der Waals surface area contributed by atoms with Crippen molar-refractivity contribution in [2.24, 2.45) is 5.92 Å². The third-order valence-corrected chi connectivity index (χ3v) is 4.58. The lowest BCUT2D eigenvalue weighted by Crippen LogP contribution is -2.24. The largest absolute Gasteiger partial charge is 0.469 e. The van der Waals surface area contributed by atoms with E-state index in [1.807, 2.05) is 12.1 Å². The van der Waals surface area contributed by atoms with Crippen molar-refractivity contribution < 1.29 is 9.53 Å². The maximum Gasteiger partial charge on any atom is 0.313 e. The van der Waals surface area contributed by atoms with Crippen molar-refractivity contribution in [3.05, 3.63) is 28.8 Å². The second-order valence-electron chi connectivity index (χ2n) is 5.50. The summed E-state index contributed by atoms with van der Waals surface area (Å²) in [7, 11) is 1.44. The van der Waals surface area contributed by atoms with Crippen molar-refractivity contribution in [2.75, 3.05) is 12.8 Å². The Bertz CT molecular complexity index is 468. The molecule has 0 saturated heterocycles. The van der Waals surface area contributed by atoms with Crippen LogP contribution in [0.15, 0.2) is 18.2 Å². The molecule has 1 aromatic carbocycles. The van der Waals surface area contributed by atoms with Crippen molar-refractivity contribution in [1.82, 2.24) is 0 Å². The summed E-state index contributed by atoms with van der Waals surface area (Å²) in [6, 6.07) is 5.50. The van der Waals surface area contributed by atoms with E-state index < -0.39 is 0 Å². The summed E-state index contributed by atoms with van der Waals surface area (Å²) in [4.78, 5) is 12.3. The minimum atomic E-state index is -0.295. The fourth-order valence-electron chi connectivity index (χ4n) is 3.17. The topological polar surface area (TPSA) is 52.3 Å². The van der Waals surface area contributed by atoms with Gasteiger partial charge in [-0.3, -0.25) is 4.79 Å². The standard InChI is InChI=1S/C16H22ClNO2/c1-20-16(19)14(11-7-4-2-3-5-8-11)12-9-6-10-13(17)15(12)18/h6,9-11,14H,2-5,7-8,18H2,1H3. The molecule has 20 heavy (non-hydrogen) atoms. The molecule has 1 atom stereocenters. The molecule has 1 aromatic rings. The van der Waals surface area contributed by atoms with Gasteiger partial charge in [-0.1, -0.05) is 49.4 Å². The Morgan fingerprint density at radius 1 is 1.30 bits per heavy atom. The summed E-state index contributed by atoms with van der Waals surface area (Å²) in [5, 5.41) is 0.505. The number of halogens is 1. The first-order valence-corrected chi connectivity index (χ1v) is 7.64. The van der Waals surface area contributed by atoms with Crippen LogP contribution in [0.5, 0.6) is 0 Å². The summed E-state index contributed by atoms with van der Waals surface area (Å²) in [6.45, 7) is 0. The van der Waals surface area contributed by atoms with E-state index in [-0.39, 0.29) is 11.9 Å². The number of carbonyl (C=O) groups is 1. The van der Waals surface area contributed by atoms with E-state index in [1.54, 1.807) is 6.07 Å². The van der Waals surface area contributed by atoms with E-state index in [4.69, 9.17) is 22.1 Å². The number of methoxy groups -OCH3 is 1. The first kappa shape index (κ1) is 15.2. The van der Waals surface area contributed by atoms with Crippen LogP contribution in [0, 0.1) is 5.92 Å². The van der Waals surface area contributed by atoms with Crippen molar-refractivity contribution in [3.8, 4) is 0 Å². The molecule has 0 spiro atoms. The van der Waals surface area contributed by atoms with Gasteiger partial charge in [-0.25, -0.2) is 0 Å². The highest BCUT2D eigenvalue weighted by Gasteiger charge is 2.32. The second kappa shape index (κ2) is 6.98. The Morgan fingerprint density at radius 2 is 1.95 bits per heavy atom. The molecule has 1 saturated carbocycles. The number of esters is 1. The Labute approximate surface area is 125 Å². The molecule has 0 amide bonds. The number of carbonyl (C=O) groups excluding carboxylic acids is 1. The van der Waals surface area contributed by atoms with E-state index in [0.29, 0.717) is 16.6 Å². The molecule has 4 heteroatoms. The molecule has 2 N–H and O–H groups in total. The first-order chi connectivity index (χ1) is 9.65. The van der Waals surface area contributed by atoms with E-state index in [9.17, 15) is 4.79 Å². The Balaban J connectivity index is 2.36. The minimum absolute atomic E-state index is 0.203. The van der Waals surface area contributed by atoms with Gasteiger partial charge >= 0.3 is 5.97 Å². The average Bonchev–Trinajstić information content (AvgIpc) is 2.72.